The average molecular weight is 236 g/mol. The first-order chi connectivity index (χ1) is 8.93. The van der Waals surface area contributed by atoms with Crippen molar-refractivity contribution < 1.29 is 0 Å². The van der Waals surface area contributed by atoms with Gasteiger partial charge in [0.05, 0.1) is 17.9 Å². The Morgan fingerprint density at radius 2 is 1.83 bits per heavy atom. The van der Waals surface area contributed by atoms with Crippen LogP contribution in [0.1, 0.15) is 5.56 Å². The fourth-order valence-corrected chi connectivity index (χ4v) is 1.87. The first-order valence-corrected chi connectivity index (χ1v) is 5.76. The second-order valence-corrected chi connectivity index (χ2v) is 3.93. The van der Waals surface area contributed by atoms with Gasteiger partial charge in [0.1, 0.15) is 0 Å². The third-order valence-electron chi connectivity index (χ3n) is 2.69. The lowest BCUT2D eigenvalue weighted by molar-refractivity contribution is 0.686. The van der Waals surface area contributed by atoms with E-state index in [0.717, 1.165) is 17.0 Å². The molecule has 18 heavy (non-hydrogen) atoms. The normalized spacial score (nSPS) is 10.4. The lowest BCUT2D eigenvalue weighted by Gasteiger charge is -2.07. The van der Waals surface area contributed by atoms with E-state index < -0.39 is 0 Å². The second-order valence-electron chi connectivity index (χ2n) is 3.93. The number of pyridine rings is 2. The minimum atomic E-state index is 0.701. The van der Waals surface area contributed by atoms with Crippen molar-refractivity contribution in [2.45, 2.75) is 6.54 Å². The molecule has 0 saturated heterocycles. The predicted octanol–water partition coefficient (Wildman–Crippen LogP) is 2.39. The molecule has 4 heteroatoms. The zero-order chi connectivity index (χ0) is 12.2. The van der Waals surface area contributed by atoms with Crippen LogP contribution in [0.3, 0.4) is 0 Å². The van der Waals surface area contributed by atoms with Crippen LogP contribution in [0, 0.1) is 0 Å². The Balaban J connectivity index is 2.00. The van der Waals surface area contributed by atoms with Crippen molar-refractivity contribution in [3.8, 4) is 11.4 Å². The zero-order valence-corrected chi connectivity index (χ0v) is 9.77. The lowest BCUT2D eigenvalue weighted by Crippen LogP contribution is -2.03. The SMILES string of the molecule is c1ccc(-c2ncccc2Cn2cccn2)nc1. The van der Waals surface area contributed by atoms with Gasteiger partial charge in [0, 0.05) is 30.4 Å². The van der Waals surface area contributed by atoms with E-state index in [2.05, 4.69) is 21.1 Å². The summed E-state index contributed by atoms with van der Waals surface area (Å²) in [6, 6.07) is 11.7. The predicted molar refractivity (Wildman–Crippen MR) is 68.8 cm³/mol. The van der Waals surface area contributed by atoms with Crippen LogP contribution in [-0.4, -0.2) is 19.7 Å². The van der Waals surface area contributed by atoms with Gasteiger partial charge in [-0.15, -0.1) is 0 Å². The third-order valence-corrected chi connectivity index (χ3v) is 2.69. The van der Waals surface area contributed by atoms with Crippen LogP contribution in [0.25, 0.3) is 11.4 Å². The number of rotatable bonds is 3. The molecule has 0 aliphatic carbocycles. The molecule has 0 aliphatic rings. The van der Waals surface area contributed by atoms with Crippen LogP contribution in [0.2, 0.25) is 0 Å². The maximum absolute atomic E-state index is 4.43. The molecular formula is C14H12N4. The number of hydrogen-bond acceptors (Lipinski definition) is 3. The Morgan fingerprint density at radius 1 is 0.889 bits per heavy atom. The second kappa shape index (κ2) is 4.79. The van der Waals surface area contributed by atoms with Gasteiger partial charge in [-0.05, 0) is 24.3 Å². The number of nitrogens with zero attached hydrogens (tertiary/aromatic N) is 4. The molecule has 0 fully saturated rings. The maximum Gasteiger partial charge on any atom is 0.0936 e. The van der Waals surface area contributed by atoms with Gasteiger partial charge in [-0.1, -0.05) is 12.1 Å². The van der Waals surface area contributed by atoms with Crippen molar-refractivity contribution in [2.75, 3.05) is 0 Å². The van der Waals surface area contributed by atoms with E-state index in [1.165, 1.54) is 0 Å². The quantitative estimate of drug-likeness (QED) is 0.701. The molecule has 3 aromatic heterocycles. The molecule has 0 spiro atoms. The minimum Gasteiger partial charge on any atom is -0.268 e. The Kier molecular flexibility index (Phi) is 2.84. The molecule has 88 valence electrons. The summed E-state index contributed by atoms with van der Waals surface area (Å²) in [5.41, 5.74) is 2.91. The van der Waals surface area contributed by atoms with Crippen LogP contribution < -0.4 is 0 Å². The summed E-state index contributed by atoms with van der Waals surface area (Å²) >= 11 is 0. The van der Waals surface area contributed by atoms with E-state index in [9.17, 15) is 0 Å². The minimum absolute atomic E-state index is 0.701. The van der Waals surface area contributed by atoms with Crippen molar-refractivity contribution in [1.82, 2.24) is 19.7 Å². The highest BCUT2D eigenvalue weighted by Crippen LogP contribution is 2.19. The molecule has 0 N–H and O–H groups in total. The smallest absolute Gasteiger partial charge is 0.0936 e. The first-order valence-electron chi connectivity index (χ1n) is 5.76. The van der Waals surface area contributed by atoms with Gasteiger partial charge in [-0.25, -0.2) is 0 Å². The zero-order valence-electron chi connectivity index (χ0n) is 9.77. The Hall–Kier alpha value is -2.49. The largest absolute Gasteiger partial charge is 0.268 e. The monoisotopic (exact) mass is 236 g/mol. The van der Waals surface area contributed by atoms with Gasteiger partial charge in [-0.3, -0.25) is 14.6 Å². The van der Waals surface area contributed by atoms with E-state index in [1.807, 2.05) is 41.2 Å². The molecule has 0 amide bonds. The summed E-state index contributed by atoms with van der Waals surface area (Å²) in [7, 11) is 0. The molecule has 0 unspecified atom stereocenters. The fourth-order valence-electron chi connectivity index (χ4n) is 1.87. The van der Waals surface area contributed by atoms with Crippen LogP contribution >= 0.6 is 0 Å². The van der Waals surface area contributed by atoms with Crippen LogP contribution in [-0.2, 0) is 6.54 Å². The summed E-state index contributed by atoms with van der Waals surface area (Å²) < 4.78 is 1.88. The average Bonchev–Trinajstić information content (AvgIpc) is 2.93. The van der Waals surface area contributed by atoms with E-state index >= 15 is 0 Å². The Bertz CT molecular complexity index is 617. The Labute approximate surface area is 105 Å². The molecule has 4 nitrogen and oxygen atoms in total. The standard InChI is InChI=1S/C14H12N4/c1-2-7-15-13(6-1)14-12(5-3-8-16-14)11-18-10-4-9-17-18/h1-10H,11H2. The fraction of sp³-hybridized carbons (Fsp3) is 0.0714. The summed E-state index contributed by atoms with van der Waals surface area (Å²) in [5, 5.41) is 4.21. The van der Waals surface area contributed by atoms with Gasteiger partial charge < -0.3 is 0 Å². The molecule has 0 atom stereocenters. The van der Waals surface area contributed by atoms with Crippen LogP contribution in [0.5, 0.6) is 0 Å². The summed E-state index contributed by atoms with van der Waals surface area (Å²) in [6.45, 7) is 0.701. The molecular weight excluding hydrogens is 224 g/mol. The van der Waals surface area contributed by atoms with Crippen LogP contribution in [0.4, 0.5) is 0 Å². The maximum atomic E-state index is 4.43. The van der Waals surface area contributed by atoms with Gasteiger partial charge in [0.25, 0.3) is 0 Å². The van der Waals surface area contributed by atoms with E-state index in [-0.39, 0.29) is 0 Å². The molecule has 3 heterocycles. The van der Waals surface area contributed by atoms with E-state index in [0.29, 0.717) is 6.54 Å². The van der Waals surface area contributed by atoms with Crippen molar-refractivity contribution in [3.63, 3.8) is 0 Å². The summed E-state index contributed by atoms with van der Waals surface area (Å²) in [6.07, 6.45) is 7.28. The van der Waals surface area contributed by atoms with Crippen molar-refractivity contribution in [3.05, 3.63) is 66.7 Å². The van der Waals surface area contributed by atoms with Gasteiger partial charge in [-0.2, -0.15) is 5.10 Å². The van der Waals surface area contributed by atoms with Crippen molar-refractivity contribution in [1.29, 1.82) is 0 Å². The molecule has 3 aromatic rings. The number of aromatic nitrogens is 4. The lowest BCUT2D eigenvalue weighted by atomic mass is 10.1. The molecule has 0 radical (unpaired) electrons. The summed E-state index contributed by atoms with van der Waals surface area (Å²) in [5.74, 6) is 0. The molecule has 0 aromatic carbocycles. The van der Waals surface area contributed by atoms with E-state index in [1.54, 1.807) is 18.6 Å². The van der Waals surface area contributed by atoms with Gasteiger partial charge in [0.2, 0.25) is 0 Å². The van der Waals surface area contributed by atoms with Crippen LogP contribution in [0.15, 0.2) is 61.2 Å². The van der Waals surface area contributed by atoms with Crippen molar-refractivity contribution >= 4 is 0 Å². The number of hydrogen-bond donors (Lipinski definition) is 0. The van der Waals surface area contributed by atoms with Crippen molar-refractivity contribution in [2.24, 2.45) is 0 Å². The van der Waals surface area contributed by atoms with Gasteiger partial charge >= 0.3 is 0 Å². The topological polar surface area (TPSA) is 43.6 Å². The highest BCUT2D eigenvalue weighted by atomic mass is 15.3. The highest BCUT2D eigenvalue weighted by molar-refractivity contribution is 5.58. The third kappa shape index (κ3) is 2.13. The highest BCUT2D eigenvalue weighted by Gasteiger charge is 2.07. The molecule has 0 saturated carbocycles. The summed E-state index contributed by atoms with van der Waals surface area (Å²) in [4.78, 5) is 8.77. The molecule has 0 bridgehead atoms. The van der Waals surface area contributed by atoms with Gasteiger partial charge in [0.15, 0.2) is 0 Å². The molecule has 3 rings (SSSR count). The Morgan fingerprint density at radius 3 is 2.61 bits per heavy atom. The first kappa shape index (κ1) is 10.7. The molecule has 0 aliphatic heterocycles. The van der Waals surface area contributed by atoms with E-state index in [4.69, 9.17) is 0 Å².